The van der Waals surface area contributed by atoms with E-state index in [0.29, 0.717) is 36.1 Å². The normalized spacial score (nSPS) is 15.7. The van der Waals surface area contributed by atoms with Crippen LogP contribution in [0.2, 0.25) is 0 Å². The molecule has 0 bridgehead atoms. The van der Waals surface area contributed by atoms with Crippen LogP contribution in [0.1, 0.15) is 46.7 Å². The highest BCUT2D eigenvalue weighted by Gasteiger charge is 2.35. The summed E-state index contributed by atoms with van der Waals surface area (Å²) in [5.74, 6) is 1.39. The summed E-state index contributed by atoms with van der Waals surface area (Å²) in [6.45, 7) is 0.570. The molecule has 1 aliphatic rings. The van der Waals surface area contributed by atoms with Crippen molar-refractivity contribution in [3.05, 3.63) is 89.6 Å². The van der Waals surface area contributed by atoms with E-state index >= 15 is 0 Å². The number of ether oxygens (including phenoxy) is 1. The Labute approximate surface area is 189 Å². The molecule has 168 valence electrons. The third-order valence-electron chi connectivity index (χ3n) is 5.72. The summed E-state index contributed by atoms with van der Waals surface area (Å²) >= 11 is 0. The van der Waals surface area contributed by atoms with E-state index in [4.69, 9.17) is 13.7 Å². The fraction of sp³-hybridized carbons (Fsp3) is 0.240. The van der Waals surface area contributed by atoms with E-state index in [1.54, 1.807) is 30.3 Å². The summed E-state index contributed by atoms with van der Waals surface area (Å²) in [5.41, 5.74) is 2.15. The standard InChI is InChI=1S/C25H22FN3O4/c1-31-19-8-3-6-17(13-19)21-14-23(33-28-21)25(30)29-10-4-9-22(29)24-27-15-20(32-24)12-16-5-2-7-18(26)11-16/h2-3,5-8,11,13-15,22H,4,9-10,12H2,1H3/t22-/m0/s1. The number of benzene rings is 2. The Morgan fingerprint density at radius 1 is 1.21 bits per heavy atom. The van der Waals surface area contributed by atoms with Gasteiger partial charge in [0.15, 0.2) is 0 Å². The van der Waals surface area contributed by atoms with Gasteiger partial charge in [0.25, 0.3) is 5.91 Å². The number of aromatic nitrogens is 2. The molecule has 0 N–H and O–H groups in total. The zero-order valence-electron chi connectivity index (χ0n) is 18.0. The molecule has 8 heteroatoms. The van der Waals surface area contributed by atoms with Crippen LogP contribution in [-0.2, 0) is 6.42 Å². The summed E-state index contributed by atoms with van der Waals surface area (Å²) in [7, 11) is 1.59. The fourth-order valence-electron chi connectivity index (χ4n) is 4.11. The lowest BCUT2D eigenvalue weighted by Gasteiger charge is -2.20. The van der Waals surface area contributed by atoms with Crippen molar-refractivity contribution in [3.8, 4) is 17.0 Å². The maximum atomic E-state index is 13.5. The number of hydrogen-bond acceptors (Lipinski definition) is 6. The SMILES string of the molecule is COc1cccc(-c2cc(C(=O)N3CCC[C@H]3c3ncc(Cc4cccc(F)c4)o3)on2)c1. The lowest BCUT2D eigenvalue weighted by molar-refractivity contribution is 0.0672. The van der Waals surface area contributed by atoms with Crippen molar-refractivity contribution in [2.75, 3.05) is 13.7 Å². The molecule has 33 heavy (non-hydrogen) atoms. The molecule has 2 aromatic heterocycles. The number of carbonyl (C=O) groups excluding carboxylic acids is 1. The van der Waals surface area contributed by atoms with E-state index in [9.17, 15) is 9.18 Å². The maximum Gasteiger partial charge on any atom is 0.293 e. The van der Waals surface area contributed by atoms with Gasteiger partial charge in [-0.05, 0) is 42.7 Å². The summed E-state index contributed by atoms with van der Waals surface area (Å²) in [4.78, 5) is 19.3. The van der Waals surface area contributed by atoms with E-state index in [0.717, 1.165) is 24.0 Å². The van der Waals surface area contributed by atoms with Crippen LogP contribution in [-0.4, -0.2) is 34.6 Å². The monoisotopic (exact) mass is 447 g/mol. The Morgan fingerprint density at radius 3 is 2.94 bits per heavy atom. The summed E-state index contributed by atoms with van der Waals surface area (Å²) in [6.07, 6.45) is 3.63. The van der Waals surface area contributed by atoms with E-state index in [1.807, 2.05) is 30.3 Å². The minimum Gasteiger partial charge on any atom is -0.497 e. The van der Waals surface area contributed by atoms with Crippen molar-refractivity contribution in [1.29, 1.82) is 0 Å². The van der Waals surface area contributed by atoms with E-state index < -0.39 is 0 Å². The summed E-state index contributed by atoms with van der Waals surface area (Å²) in [5, 5.41) is 4.06. The number of nitrogens with zero attached hydrogens (tertiary/aromatic N) is 3. The molecule has 0 radical (unpaired) electrons. The van der Waals surface area contributed by atoms with Gasteiger partial charge in [0.2, 0.25) is 11.7 Å². The van der Waals surface area contributed by atoms with Gasteiger partial charge in [0.05, 0.1) is 13.3 Å². The Morgan fingerprint density at radius 2 is 2.09 bits per heavy atom. The van der Waals surface area contributed by atoms with Gasteiger partial charge in [-0.1, -0.05) is 29.4 Å². The molecule has 3 heterocycles. The van der Waals surface area contributed by atoms with E-state index in [-0.39, 0.29) is 23.5 Å². The smallest absolute Gasteiger partial charge is 0.293 e. The molecule has 1 aliphatic heterocycles. The molecule has 1 fully saturated rings. The molecule has 1 saturated heterocycles. The number of halogens is 1. The van der Waals surface area contributed by atoms with Crippen LogP contribution >= 0.6 is 0 Å². The summed E-state index contributed by atoms with van der Waals surface area (Å²) < 4.78 is 30.0. The Balaban J connectivity index is 1.32. The van der Waals surface area contributed by atoms with Crippen LogP contribution in [0.25, 0.3) is 11.3 Å². The summed E-state index contributed by atoms with van der Waals surface area (Å²) in [6, 6.07) is 15.1. The second kappa shape index (κ2) is 8.90. The minimum absolute atomic E-state index is 0.159. The van der Waals surface area contributed by atoms with Crippen molar-refractivity contribution in [2.24, 2.45) is 0 Å². The van der Waals surface area contributed by atoms with Crippen molar-refractivity contribution < 1.29 is 22.9 Å². The molecule has 0 aliphatic carbocycles. The van der Waals surface area contributed by atoms with Gasteiger partial charge in [-0.25, -0.2) is 9.37 Å². The lowest BCUT2D eigenvalue weighted by atomic mass is 10.1. The lowest BCUT2D eigenvalue weighted by Crippen LogP contribution is -2.30. The van der Waals surface area contributed by atoms with Crippen LogP contribution in [0.4, 0.5) is 4.39 Å². The number of methoxy groups -OCH3 is 1. The van der Waals surface area contributed by atoms with Crippen molar-refractivity contribution in [1.82, 2.24) is 15.0 Å². The average molecular weight is 447 g/mol. The molecule has 2 aromatic carbocycles. The molecule has 7 nitrogen and oxygen atoms in total. The van der Waals surface area contributed by atoms with Gasteiger partial charge in [-0.3, -0.25) is 4.79 Å². The molecular formula is C25H22FN3O4. The highest BCUT2D eigenvalue weighted by Crippen LogP contribution is 2.34. The molecule has 4 aromatic rings. The first-order valence-corrected chi connectivity index (χ1v) is 10.7. The highest BCUT2D eigenvalue weighted by atomic mass is 19.1. The molecule has 5 rings (SSSR count). The van der Waals surface area contributed by atoms with Crippen molar-refractivity contribution >= 4 is 5.91 Å². The number of oxazole rings is 1. The predicted octanol–water partition coefficient (Wildman–Crippen LogP) is 5.05. The highest BCUT2D eigenvalue weighted by molar-refractivity contribution is 5.92. The zero-order valence-corrected chi connectivity index (χ0v) is 18.0. The van der Waals surface area contributed by atoms with Gasteiger partial charge in [0.1, 0.15) is 29.1 Å². The topological polar surface area (TPSA) is 81.6 Å². The number of carbonyl (C=O) groups is 1. The first-order chi connectivity index (χ1) is 16.1. The second-order valence-electron chi connectivity index (χ2n) is 7.94. The van der Waals surface area contributed by atoms with Gasteiger partial charge in [0, 0.05) is 24.6 Å². The first kappa shape index (κ1) is 20.9. The predicted molar refractivity (Wildman–Crippen MR) is 117 cm³/mol. The fourth-order valence-corrected chi connectivity index (χ4v) is 4.11. The maximum absolute atomic E-state index is 13.5. The molecule has 0 spiro atoms. The zero-order chi connectivity index (χ0) is 22.8. The Bertz CT molecular complexity index is 1280. The van der Waals surface area contributed by atoms with Crippen molar-refractivity contribution in [2.45, 2.75) is 25.3 Å². The van der Waals surface area contributed by atoms with Gasteiger partial charge in [-0.15, -0.1) is 0 Å². The van der Waals surface area contributed by atoms with Crippen LogP contribution in [0.3, 0.4) is 0 Å². The Kier molecular flexibility index (Phi) is 5.64. The minimum atomic E-state index is -0.292. The first-order valence-electron chi connectivity index (χ1n) is 10.7. The molecule has 1 amide bonds. The van der Waals surface area contributed by atoms with Gasteiger partial charge < -0.3 is 18.6 Å². The average Bonchev–Trinajstić information content (AvgIpc) is 3.59. The number of likely N-dealkylation sites (tertiary alicyclic amines) is 1. The Hall–Kier alpha value is -3.94. The van der Waals surface area contributed by atoms with Gasteiger partial charge in [-0.2, -0.15) is 0 Å². The van der Waals surface area contributed by atoms with Crippen LogP contribution in [0.5, 0.6) is 5.75 Å². The molecule has 0 unspecified atom stereocenters. The molecule has 0 saturated carbocycles. The van der Waals surface area contributed by atoms with E-state index in [1.165, 1.54) is 12.1 Å². The van der Waals surface area contributed by atoms with Crippen LogP contribution < -0.4 is 4.74 Å². The van der Waals surface area contributed by atoms with Gasteiger partial charge >= 0.3 is 0 Å². The van der Waals surface area contributed by atoms with Crippen LogP contribution in [0.15, 0.2) is 69.7 Å². The number of hydrogen-bond donors (Lipinski definition) is 0. The largest absolute Gasteiger partial charge is 0.497 e. The van der Waals surface area contributed by atoms with Crippen molar-refractivity contribution in [3.63, 3.8) is 0 Å². The molecular weight excluding hydrogens is 425 g/mol. The second-order valence-corrected chi connectivity index (χ2v) is 7.94. The van der Waals surface area contributed by atoms with E-state index in [2.05, 4.69) is 10.1 Å². The third kappa shape index (κ3) is 4.37. The number of rotatable bonds is 6. The molecule has 1 atom stereocenters. The third-order valence-corrected chi connectivity index (χ3v) is 5.72. The quantitative estimate of drug-likeness (QED) is 0.412. The van der Waals surface area contributed by atoms with Crippen LogP contribution in [0, 0.1) is 5.82 Å². The number of amides is 1.